The Bertz CT molecular complexity index is 961. The van der Waals surface area contributed by atoms with Crippen LogP contribution in [0, 0.1) is 6.92 Å². The number of nitrogens with zero attached hydrogens (tertiary/aromatic N) is 1. The predicted octanol–water partition coefficient (Wildman–Crippen LogP) is 3.11. The molecule has 0 heterocycles. The molecule has 0 saturated carbocycles. The molecular formula is C28H45N3O8. The molecule has 0 spiro atoms. The third kappa shape index (κ3) is 11.5. The minimum absolute atomic E-state index is 0.0435. The highest BCUT2D eigenvalue weighted by molar-refractivity contribution is 5.92. The SMILES string of the molecule is CCCCCCN(C(=O)C(CO)NC(=O)OC(C)(C)C)C(C(=O)NCCC(=O)OCC)c1cccc(C)c1O. The summed E-state index contributed by atoms with van der Waals surface area (Å²) in [7, 11) is 0. The summed E-state index contributed by atoms with van der Waals surface area (Å²) in [6, 6.07) is 2.18. The molecule has 0 aliphatic carbocycles. The number of phenolic OH excluding ortho intramolecular Hbond substituents is 1. The normalized spacial score (nSPS) is 12.7. The Morgan fingerprint density at radius 2 is 1.77 bits per heavy atom. The van der Waals surface area contributed by atoms with Crippen molar-refractivity contribution in [3.63, 3.8) is 0 Å². The number of ether oxygens (including phenoxy) is 2. The molecule has 11 nitrogen and oxygen atoms in total. The van der Waals surface area contributed by atoms with E-state index < -0.39 is 48.2 Å². The van der Waals surface area contributed by atoms with Crippen LogP contribution >= 0.6 is 0 Å². The molecule has 2 unspecified atom stereocenters. The van der Waals surface area contributed by atoms with Gasteiger partial charge in [-0.2, -0.15) is 0 Å². The van der Waals surface area contributed by atoms with Crippen molar-refractivity contribution in [2.24, 2.45) is 0 Å². The van der Waals surface area contributed by atoms with Gasteiger partial charge in [-0.15, -0.1) is 0 Å². The Labute approximate surface area is 231 Å². The number of amides is 3. The maximum absolute atomic E-state index is 13.8. The third-order valence-electron chi connectivity index (χ3n) is 5.76. The lowest BCUT2D eigenvalue weighted by Crippen LogP contribution is -2.54. The number of nitrogens with one attached hydrogen (secondary N) is 2. The topological polar surface area (TPSA) is 154 Å². The van der Waals surface area contributed by atoms with E-state index in [0.717, 1.165) is 19.3 Å². The maximum Gasteiger partial charge on any atom is 0.408 e. The van der Waals surface area contributed by atoms with Crippen LogP contribution < -0.4 is 10.6 Å². The number of benzene rings is 1. The molecule has 3 amide bonds. The molecule has 39 heavy (non-hydrogen) atoms. The number of esters is 1. The van der Waals surface area contributed by atoms with Gasteiger partial charge in [0.2, 0.25) is 11.8 Å². The van der Waals surface area contributed by atoms with E-state index in [1.165, 1.54) is 4.90 Å². The first-order valence-corrected chi connectivity index (χ1v) is 13.5. The molecule has 0 bridgehead atoms. The van der Waals surface area contributed by atoms with E-state index in [2.05, 4.69) is 10.6 Å². The van der Waals surface area contributed by atoms with Crippen molar-refractivity contribution in [2.75, 3.05) is 26.3 Å². The lowest BCUT2D eigenvalue weighted by atomic mass is 9.98. The van der Waals surface area contributed by atoms with Crippen molar-refractivity contribution in [1.29, 1.82) is 0 Å². The van der Waals surface area contributed by atoms with E-state index >= 15 is 0 Å². The van der Waals surface area contributed by atoms with E-state index in [9.17, 15) is 29.4 Å². The lowest BCUT2D eigenvalue weighted by Gasteiger charge is -2.34. The van der Waals surface area contributed by atoms with E-state index in [1.807, 2.05) is 6.92 Å². The van der Waals surface area contributed by atoms with Crippen LogP contribution in [0.5, 0.6) is 5.75 Å². The van der Waals surface area contributed by atoms with Gasteiger partial charge in [0.05, 0.1) is 19.6 Å². The lowest BCUT2D eigenvalue weighted by molar-refractivity contribution is -0.144. The largest absolute Gasteiger partial charge is 0.507 e. The van der Waals surface area contributed by atoms with Gasteiger partial charge in [0.15, 0.2) is 0 Å². The number of aliphatic hydroxyl groups is 1. The van der Waals surface area contributed by atoms with Crippen molar-refractivity contribution in [2.45, 2.75) is 91.3 Å². The fourth-order valence-electron chi connectivity index (χ4n) is 3.88. The molecule has 220 valence electrons. The van der Waals surface area contributed by atoms with Gasteiger partial charge < -0.3 is 35.2 Å². The number of unbranched alkanes of at least 4 members (excludes halogenated alkanes) is 3. The van der Waals surface area contributed by atoms with Crippen LogP contribution in [0.4, 0.5) is 4.79 Å². The van der Waals surface area contributed by atoms with Crippen LogP contribution in [-0.2, 0) is 23.9 Å². The monoisotopic (exact) mass is 551 g/mol. The fourth-order valence-corrected chi connectivity index (χ4v) is 3.88. The molecule has 11 heteroatoms. The predicted molar refractivity (Wildman–Crippen MR) is 146 cm³/mol. The minimum Gasteiger partial charge on any atom is -0.507 e. The number of aryl methyl sites for hydroxylation is 1. The maximum atomic E-state index is 13.8. The molecule has 0 aliphatic rings. The number of aliphatic hydroxyl groups excluding tert-OH is 1. The van der Waals surface area contributed by atoms with E-state index in [4.69, 9.17) is 9.47 Å². The summed E-state index contributed by atoms with van der Waals surface area (Å²) in [4.78, 5) is 52.8. The van der Waals surface area contributed by atoms with Crippen molar-refractivity contribution in [3.05, 3.63) is 29.3 Å². The standard InChI is InChI=1S/C28H45N3O8/c1-7-9-10-11-17-31(26(36)21(18-32)30-27(37)39-28(4,5)6)23(20-14-12-13-19(3)24(20)34)25(35)29-16-15-22(33)38-8-2/h12-14,21,23,32,34H,7-11,15-18H2,1-6H3,(H,29,35)(H,30,37). The Morgan fingerprint density at radius 1 is 1.08 bits per heavy atom. The molecule has 4 N–H and O–H groups in total. The van der Waals surface area contributed by atoms with Crippen LogP contribution in [-0.4, -0.2) is 76.9 Å². The highest BCUT2D eigenvalue weighted by Gasteiger charge is 2.37. The Morgan fingerprint density at radius 3 is 2.36 bits per heavy atom. The zero-order chi connectivity index (χ0) is 29.6. The van der Waals surface area contributed by atoms with Crippen LogP contribution in [0.3, 0.4) is 0 Å². The summed E-state index contributed by atoms with van der Waals surface area (Å²) in [5.41, 5.74) is -0.149. The summed E-state index contributed by atoms with van der Waals surface area (Å²) in [5, 5.41) is 26.0. The first-order chi connectivity index (χ1) is 18.4. The quantitative estimate of drug-likeness (QED) is 0.191. The Hall–Kier alpha value is -3.34. The number of hydrogen-bond acceptors (Lipinski definition) is 8. The number of hydrogen-bond donors (Lipinski definition) is 4. The summed E-state index contributed by atoms with van der Waals surface area (Å²) in [6.07, 6.45) is 2.21. The van der Waals surface area contributed by atoms with E-state index in [1.54, 1.807) is 52.8 Å². The molecule has 0 fully saturated rings. The summed E-state index contributed by atoms with van der Waals surface area (Å²) in [5.74, 6) is -1.98. The molecule has 0 aromatic heterocycles. The Kier molecular flexibility index (Phi) is 14.3. The second kappa shape index (κ2) is 16.6. The number of para-hydroxylation sites is 1. The van der Waals surface area contributed by atoms with Crippen molar-refractivity contribution in [3.8, 4) is 5.75 Å². The highest BCUT2D eigenvalue weighted by atomic mass is 16.6. The molecule has 0 aliphatic heterocycles. The van der Waals surface area contributed by atoms with E-state index in [0.29, 0.717) is 12.0 Å². The summed E-state index contributed by atoms with van der Waals surface area (Å²) < 4.78 is 10.1. The number of aromatic hydroxyl groups is 1. The molecule has 0 saturated heterocycles. The van der Waals surface area contributed by atoms with Gasteiger partial charge in [0, 0.05) is 18.7 Å². The fraction of sp³-hybridized carbons (Fsp3) is 0.643. The van der Waals surface area contributed by atoms with Crippen LogP contribution in [0.2, 0.25) is 0 Å². The molecule has 0 radical (unpaired) electrons. The van der Waals surface area contributed by atoms with Gasteiger partial charge in [-0.05, 0) is 46.6 Å². The van der Waals surface area contributed by atoms with Crippen LogP contribution in [0.15, 0.2) is 18.2 Å². The van der Waals surface area contributed by atoms with Crippen LogP contribution in [0.25, 0.3) is 0 Å². The van der Waals surface area contributed by atoms with E-state index in [-0.39, 0.29) is 37.4 Å². The van der Waals surface area contributed by atoms with Gasteiger partial charge in [0.25, 0.3) is 0 Å². The minimum atomic E-state index is -1.40. The second-order valence-corrected chi connectivity index (χ2v) is 10.2. The summed E-state index contributed by atoms with van der Waals surface area (Å²) in [6.45, 7) is 9.94. The van der Waals surface area contributed by atoms with Gasteiger partial charge in [0.1, 0.15) is 23.4 Å². The number of carbonyl (C=O) groups is 4. The van der Waals surface area contributed by atoms with Gasteiger partial charge in [-0.3, -0.25) is 14.4 Å². The second-order valence-electron chi connectivity index (χ2n) is 10.2. The molecule has 1 aromatic rings. The number of alkyl carbamates (subject to hydrolysis) is 1. The third-order valence-corrected chi connectivity index (χ3v) is 5.76. The van der Waals surface area contributed by atoms with Crippen molar-refractivity contribution >= 4 is 23.9 Å². The number of rotatable bonds is 15. The van der Waals surface area contributed by atoms with Crippen LogP contribution in [0.1, 0.15) is 83.9 Å². The average molecular weight is 552 g/mol. The first-order valence-electron chi connectivity index (χ1n) is 13.5. The van der Waals surface area contributed by atoms with Crippen molar-refractivity contribution in [1.82, 2.24) is 15.5 Å². The molecule has 1 aromatic carbocycles. The van der Waals surface area contributed by atoms with Gasteiger partial charge in [-0.25, -0.2) is 4.79 Å². The molecular weight excluding hydrogens is 506 g/mol. The first kappa shape index (κ1) is 33.7. The average Bonchev–Trinajstić information content (AvgIpc) is 2.85. The highest BCUT2D eigenvalue weighted by Crippen LogP contribution is 2.32. The summed E-state index contributed by atoms with van der Waals surface area (Å²) >= 11 is 0. The number of phenols is 1. The molecule has 2 atom stereocenters. The number of carbonyl (C=O) groups excluding carboxylic acids is 4. The Balaban J connectivity index is 3.41. The molecule has 1 rings (SSSR count). The van der Waals surface area contributed by atoms with Crippen molar-refractivity contribution < 1.29 is 38.9 Å². The smallest absolute Gasteiger partial charge is 0.408 e. The van der Waals surface area contributed by atoms with Gasteiger partial charge in [-0.1, -0.05) is 44.4 Å². The van der Waals surface area contributed by atoms with Gasteiger partial charge >= 0.3 is 12.1 Å². The zero-order valence-electron chi connectivity index (χ0n) is 24.0. The zero-order valence-corrected chi connectivity index (χ0v) is 24.0.